The van der Waals surface area contributed by atoms with E-state index in [-0.39, 0.29) is 17.5 Å². The van der Waals surface area contributed by atoms with Crippen molar-refractivity contribution in [2.24, 2.45) is 0 Å². The van der Waals surface area contributed by atoms with E-state index in [4.69, 9.17) is 14.2 Å². The van der Waals surface area contributed by atoms with E-state index < -0.39 is 16.1 Å². The molecule has 1 aliphatic rings. The summed E-state index contributed by atoms with van der Waals surface area (Å²) in [4.78, 5) is 0.267. The first-order chi connectivity index (χ1) is 17.9. The number of benzene rings is 3. The molecule has 2 N–H and O–H groups in total. The van der Waals surface area contributed by atoms with Gasteiger partial charge in [0.15, 0.2) is 0 Å². The van der Waals surface area contributed by atoms with E-state index in [1.165, 1.54) is 4.31 Å². The van der Waals surface area contributed by atoms with Crippen LogP contribution in [0, 0.1) is 0 Å². The number of methoxy groups -OCH3 is 1. The van der Waals surface area contributed by atoms with E-state index in [0.29, 0.717) is 50.6 Å². The fourth-order valence-electron chi connectivity index (χ4n) is 4.12. The van der Waals surface area contributed by atoms with Gasteiger partial charge in [0.05, 0.1) is 12.0 Å². The van der Waals surface area contributed by atoms with Crippen LogP contribution in [0.5, 0.6) is 17.2 Å². The third kappa shape index (κ3) is 7.69. The maximum Gasteiger partial charge on any atom is 0.243 e. The molecule has 1 heterocycles. The first-order valence-corrected chi connectivity index (χ1v) is 13.8. The number of piperidine rings is 1. The Kier molecular flexibility index (Phi) is 9.40. The summed E-state index contributed by atoms with van der Waals surface area (Å²) in [6.45, 7) is 1.88. The highest BCUT2D eigenvalue weighted by atomic mass is 32.2. The van der Waals surface area contributed by atoms with E-state index in [9.17, 15) is 13.5 Å². The van der Waals surface area contributed by atoms with Crippen LogP contribution in [0.2, 0.25) is 0 Å². The largest absolute Gasteiger partial charge is 0.497 e. The van der Waals surface area contributed by atoms with Crippen LogP contribution in [0.4, 0.5) is 0 Å². The van der Waals surface area contributed by atoms with Crippen molar-refractivity contribution in [3.05, 3.63) is 84.4 Å². The van der Waals surface area contributed by atoms with Crippen molar-refractivity contribution < 1.29 is 27.7 Å². The number of ether oxygens (including phenoxy) is 3. The van der Waals surface area contributed by atoms with Crippen LogP contribution in [0.1, 0.15) is 18.4 Å². The standard InChI is InChI=1S/C28H34N2O6S/c1-34-25-11-13-28(14-12-25)37(32,33)30-17-15-23(16-18-30)29-19-24(31)21-36-27-9-7-26(8-10-27)35-20-22-5-3-2-4-6-22/h2-14,23-24,29,31H,15-21H2,1H3/t24-/m0/s1. The van der Waals surface area contributed by atoms with Gasteiger partial charge in [0, 0.05) is 25.7 Å². The molecule has 8 nitrogen and oxygen atoms in total. The van der Waals surface area contributed by atoms with Crippen LogP contribution in [-0.4, -0.2) is 63.3 Å². The molecule has 0 spiro atoms. The third-order valence-corrected chi connectivity index (χ3v) is 8.22. The molecule has 0 saturated carbocycles. The molecule has 37 heavy (non-hydrogen) atoms. The lowest BCUT2D eigenvalue weighted by atomic mass is 10.1. The summed E-state index contributed by atoms with van der Waals surface area (Å²) in [5.74, 6) is 2.02. The van der Waals surface area contributed by atoms with Crippen molar-refractivity contribution in [2.45, 2.75) is 36.5 Å². The number of rotatable bonds is 12. The Hall–Kier alpha value is -3.11. The lowest BCUT2D eigenvalue weighted by Crippen LogP contribution is -2.47. The molecule has 1 saturated heterocycles. The molecule has 0 aliphatic carbocycles. The first-order valence-electron chi connectivity index (χ1n) is 12.4. The van der Waals surface area contributed by atoms with Gasteiger partial charge in [-0.05, 0) is 66.9 Å². The van der Waals surface area contributed by atoms with Crippen molar-refractivity contribution in [1.29, 1.82) is 0 Å². The van der Waals surface area contributed by atoms with Gasteiger partial charge < -0.3 is 24.6 Å². The zero-order valence-electron chi connectivity index (χ0n) is 21.0. The van der Waals surface area contributed by atoms with Gasteiger partial charge in [-0.1, -0.05) is 30.3 Å². The second-order valence-corrected chi connectivity index (χ2v) is 10.9. The molecule has 1 fully saturated rings. The van der Waals surface area contributed by atoms with Crippen LogP contribution in [0.25, 0.3) is 0 Å². The van der Waals surface area contributed by atoms with Crippen LogP contribution < -0.4 is 19.5 Å². The van der Waals surface area contributed by atoms with Crippen LogP contribution in [0.3, 0.4) is 0 Å². The number of nitrogens with one attached hydrogen (secondary N) is 1. The minimum atomic E-state index is -3.53. The molecule has 0 aromatic heterocycles. The zero-order chi connectivity index (χ0) is 26.1. The topological polar surface area (TPSA) is 97.3 Å². The summed E-state index contributed by atoms with van der Waals surface area (Å²) in [7, 11) is -1.98. The SMILES string of the molecule is COc1ccc(S(=O)(=O)N2CCC(NC[C@H](O)COc3ccc(OCc4ccccc4)cc3)CC2)cc1. The summed E-state index contributed by atoms with van der Waals surface area (Å²) in [5.41, 5.74) is 1.10. The Labute approximate surface area is 218 Å². The molecule has 3 aromatic carbocycles. The molecule has 9 heteroatoms. The van der Waals surface area contributed by atoms with Crippen LogP contribution in [0.15, 0.2) is 83.8 Å². The quantitative estimate of drug-likeness (QED) is 0.373. The fraction of sp³-hybridized carbons (Fsp3) is 0.357. The normalized spacial score (nSPS) is 15.7. The molecule has 1 atom stereocenters. The predicted octanol–water partition coefficient (Wildman–Crippen LogP) is 3.46. The molecule has 3 aromatic rings. The maximum absolute atomic E-state index is 12.9. The monoisotopic (exact) mass is 526 g/mol. The Morgan fingerprint density at radius 2 is 1.49 bits per heavy atom. The van der Waals surface area contributed by atoms with Gasteiger partial charge in [0.2, 0.25) is 10.0 Å². The summed E-state index contributed by atoms with van der Waals surface area (Å²) < 4.78 is 43.9. The van der Waals surface area contributed by atoms with E-state index in [2.05, 4.69) is 5.32 Å². The molecule has 1 aliphatic heterocycles. The molecule has 0 bridgehead atoms. The number of sulfonamides is 1. The van der Waals surface area contributed by atoms with E-state index in [1.807, 2.05) is 54.6 Å². The van der Waals surface area contributed by atoms with Crippen molar-refractivity contribution in [2.75, 3.05) is 33.4 Å². The van der Waals surface area contributed by atoms with E-state index in [0.717, 1.165) is 11.3 Å². The highest BCUT2D eigenvalue weighted by molar-refractivity contribution is 7.89. The summed E-state index contributed by atoms with van der Waals surface area (Å²) >= 11 is 0. The van der Waals surface area contributed by atoms with E-state index in [1.54, 1.807) is 31.4 Å². The van der Waals surface area contributed by atoms with Crippen molar-refractivity contribution in [1.82, 2.24) is 9.62 Å². The van der Waals surface area contributed by atoms with Gasteiger partial charge >= 0.3 is 0 Å². The van der Waals surface area contributed by atoms with Crippen molar-refractivity contribution in [3.63, 3.8) is 0 Å². The second-order valence-electron chi connectivity index (χ2n) is 8.97. The first kappa shape index (κ1) is 26.9. The third-order valence-electron chi connectivity index (χ3n) is 6.31. The Bertz CT molecular complexity index is 1200. The smallest absolute Gasteiger partial charge is 0.243 e. The molecule has 0 amide bonds. The highest BCUT2D eigenvalue weighted by Gasteiger charge is 2.29. The fourth-order valence-corrected chi connectivity index (χ4v) is 5.59. The predicted molar refractivity (Wildman–Crippen MR) is 141 cm³/mol. The number of aliphatic hydroxyl groups excluding tert-OH is 1. The zero-order valence-corrected chi connectivity index (χ0v) is 21.8. The summed E-state index contributed by atoms with van der Waals surface area (Å²) in [5, 5.41) is 13.7. The lowest BCUT2D eigenvalue weighted by molar-refractivity contribution is 0.101. The molecular weight excluding hydrogens is 492 g/mol. The van der Waals surface area contributed by atoms with Gasteiger partial charge in [0.1, 0.15) is 36.6 Å². The Morgan fingerprint density at radius 1 is 0.892 bits per heavy atom. The van der Waals surface area contributed by atoms with Gasteiger partial charge in [-0.15, -0.1) is 0 Å². The van der Waals surface area contributed by atoms with Crippen molar-refractivity contribution >= 4 is 10.0 Å². The number of hydrogen-bond acceptors (Lipinski definition) is 7. The van der Waals surface area contributed by atoms with Gasteiger partial charge in [-0.2, -0.15) is 4.31 Å². The average Bonchev–Trinajstić information content (AvgIpc) is 2.95. The maximum atomic E-state index is 12.9. The summed E-state index contributed by atoms with van der Waals surface area (Å²) in [6, 6.07) is 23.9. The van der Waals surface area contributed by atoms with Crippen LogP contribution >= 0.6 is 0 Å². The molecular formula is C28H34N2O6S. The van der Waals surface area contributed by atoms with Gasteiger partial charge in [0.25, 0.3) is 0 Å². The Balaban J connectivity index is 1.15. The van der Waals surface area contributed by atoms with Crippen LogP contribution in [-0.2, 0) is 16.6 Å². The molecule has 4 rings (SSSR count). The number of nitrogens with zero attached hydrogens (tertiary/aromatic N) is 1. The molecule has 198 valence electrons. The number of aliphatic hydroxyl groups is 1. The van der Waals surface area contributed by atoms with Gasteiger partial charge in [-0.25, -0.2) is 8.42 Å². The minimum absolute atomic E-state index is 0.137. The average molecular weight is 527 g/mol. The highest BCUT2D eigenvalue weighted by Crippen LogP contribution is 2.23. The van der Waals surface area contributed by atoms with Crippen molar-refractivity contribution in [3.8, 4) is 17.2 Å². The Morgan fingerprint density at radius 3 is 2.11 bits per heavy atom. The number of hydrogen-bond donors (Lipinski definition) is 2. The lowest BCUT2D eigenvalue weighted by Gasteiger charge is -2.32. The molecule has 0 unspecified atom stereocenters. The second kappa shape index (κ2) is 12.9. The van der Waals surface area contributed by atoms with E-state index >= 15 is 0 Å². The summed E-state index contributed by atoms with van der Waals surface area (Å²) in [6.07, 6.45) is 0.663. The van der Waals surface area contributed by atoms with Gasteiger partial charge in [-0.3, -0.25) is 0 Å². The minimum Gasteiger partial charge on any atom is -0.497 e. The molecule has 0 radical (unpaired) electrons.